The van der Waals surface area contributed by atoms with Gasteiger partial charge in [0, 0.05) is 0 Å². The maximum absolute atomic E-state index is 12.3. The fraction of sp³-hybridized carbons (Fsp3) is 0.111. The molecule has 0 atom stereocenters. The van der Waals surface area contributed by atoms with Crippen LogP contribution in [0.3, 0.4) is 0 Å². The van der Waals surface area contributed by atoms with E-state index >= 15 is 0 Å². The molecule has 16 heavy (non-hydrogen) atoms. The Morgan fingerprint density at radius 3 is 2.44 bits per heavy atom. The number of carbonyl (C=O) groups excluding carboxylic acids is 1. The van der Waals surface area contributed by atoms with E-state index in [1.807, 2.05) is 0 Å². The second kappa shape index (κ2) is 4.16. The first-order valence-corrected chi connectivity index (χ1v) is 3.88. The topological polar surface area (TPSA) is 66.7 Å². The number of alkyl halides is 3. The molecule has 0 bridgehead atoms. The van der Waals surface area contributed by atoms with Crippen LogP contribution in [0.15, 0.2) is 23.2 Å². The third-order valence-corrected chi connectivity index (χ3v) is 1.72. The van der Waals surface area contributed by atoms with Crippen LogP contribution in [-0.4, -0.2) is 17.2 Å². The molecule has 0 fully saturated rings. The van der Waals surface area contributed by atoms with E-state index in [1.54, 1.807) is 0 Å². The molecule has 0 radical (unpaired) electrons. The number of halogens is 3. The first kappa shape index (κ1) is 11.9. The van der Waals surface area contributed by atoms with Crippen molar-refractivity contribution < 1.29 is 27.9 Å². The van der Waals surface area contributed by atoms with E-state index in [4.69, 9.17) is 5.11 Å². The SMILES string of the molecule is O=C=Nc1cc(C(F)(F)F)ccc1C(=O)O. The summed E-state index contributed by atoms with van der Waals surface area (Å²) in [5, 5.41) is 8.61. The van der Waals surface area contributed by atoms with E-state index in [0.717, 1.165) is 12.1 Å². The van der Waals surface area contributed by atoms with Crippen LogP contribution in [0.4, 0.5) is 18.9 Å². The smallest absolute Gasteiger partial charge is 0.416 e. The number of rotatable bonds is 2. The molecule has 1 N–H and O–H groups in total. The van der Waals surface area contributed by atoms with Gasteiger partial charge in [0.25, 0.3) is 0 Å². The molecular formula is C9H4F3NO3. The maximum Gasteiger partial charge on any atom is 0.416 e. The highest BCUT2D eigenvalue weighted by atomic mass is 19.4. The van der Waals surface area contributed by atoms with Crippen LogP contribution in [0.5, 0.6) is 0 Å². The molecule has 0 spiro atoms. The van der Waals surface area contributed by atoms with E-state index in [9.17, 15) is 22.8 Å². The quantitative estimate of drug-likeness (QED) is 0.627. The summed E-state index contributed by atoms with van der Waals surface area (Å²) in [6.45, 7) is 0. The summed E-state index contributed by atoms with van der Waals surface area (Å²) in [6, 6.07) is 1.82. The number of nitrogens with zero attached hydrogens (tertiary/aromatic N) is 1. The number of carboxylic acid groups (broad SMARTS) is 1. The second-order valence-corrected chi connectivity index (χ2v) is 2.74. The van der Waals surface area contributed by atoms with Crippen molar-refractivity contribution in [1.29, 1.82) is 0 Å². The molecule has 0 aromatic heterocycles. The maximum atomic E-state index is 12.3. The third kappa shape index (κ3) is 2.46. The van der Waals surface area contributed by atoms with Crippen molar-refractivity contribution in [2.24, 2.45) is 4.99 Å². The van der Waals surface area contributed by atoms with Crippen molar-refractivity contribution in [2.45, 2.75) is 6.18 Å². The summed E-state index contributed by atoms with van der Waals surface area (Å²) in [6.07, 6.45) is -3.62. The lowest BCUT2D eigenvalue weighted by atomic mass is 10.1. The first-order valence-electron chi connectivity index (χ1n) is 3.88. The minimum Gasteiger partial charge on any atom is -0.478 e. The van der Waals surface area contributed by atoms with E-state index in [0.29, 0.717) is 12.1 Å². The van der Waals surface area contributed by atoms with Gasteiger partial charge >= 0.3 is 12.1 Å². The number of hydrogen-bond donors (Lipinski definition) is 1. The van der Waals surface area contributed by atoms with Crippen molar-refractivity contribution in [3.63, 3.8) is 0 Å². The Hall–Kier alpha value is -2.14. The average Bonchev–Trinajstić information content (AvgIpc) is 2.16. The average molecular weight is 231 g/mol. The minimum atomic E-state index is -4.62. The molecule has 1 aromatic carbocycles. The molecule has 0 unspecified atom stereocenters. The van der Waals surface area contributed by atoms with Crippen LogP contribution in [0.1, 0.15) is 15.9 Å². The van der Waals surface area contributed by atoms with Gasteiger partial charge in [0.05, 0.1) is 16.8 Å². The Labute approximate surface area is 87.0 Å². The predicted molar refractivity (Wildman–Crippen MR) is 46.2 cm³/mol. The summed E-state index contributed by atoms with van der Waals surface area (Å²) in [4.78, 5) is 23.4. The molecule has 0 amide bonds. The molecule has 0 saturated heterocycles. The number of aliphatic imine (C=N–C) groups is 1. The first-order chi connectivity index (χ1) is 7.36. The normalized spacial score (nSPS) is 10.7. The molecule has 7 heteroatoms. The molecule has 84 valence electrons. The van der Waals surface area contributed by atoms with Gasteiger partial charge in [-0.05, 0) is 18.2 Å². The van der Waals surface area contributed by atoms with Crippen molar-refractivity contribution in [1.82, 2.24) is 0 Å². The van der Waals surface area contributed by atoms with Gasteiger partial charge < -0.3 is 5.11 Å². The minimum absolute atomic E-state index is 0.481. The Bertz CT molecular complexity index is 475. The summed E-state index contributed by atoms with van der Waals surface area (Å²) in [5.74, 6) is -1.47. The molecule has 1 aromatic rings. The summed E-state index contributed by atoms with van der Waals surface area (Å²) < 4.78 is 36.8. The fourth-order valence-electron chi connectivity index (χ4n) is 1.03. The van der Waals surface area contributed by atoms with Crippen LogP contribution >= 0.6 is 0 Å². The highest BCUT2D eigenvalue weighted by molar-refractivity contribution is 5.93. The second-order valence-electron chi connectivity index (χ2n) is 2.74. The lowest BCUT2D eigenvalue weighted by molar-refractivity contribution is -0.137. The summed E-state index contributed by atoms with van der Waals surface area (Å²) >= 11 is 0. The third-order valence-electron chi connectivity index (χ3n) is 1.72. The standard InChI is InChI=1S/C9H4F3NO3/c10-9(11,12)5-1-2-6(8(15)16)7(3-5)13-4-14/h1-3H,(H,15,16). The molecule has 0 aliphatic heterocycles. The van der Waals surface area contributed by atoms with Crippen LogP contribution in [-0.2, 0) is 11.0 Å². The monoisotopic (exact) mass is 231 g/mol. The Morgan fingerprint density at radius 2 is 2.00 bits per heavy atom. The van der Waals surface area contributed by atoms with Gasteiger partial charge in [0.15, 0.2) is 0 Å². The van der Waals surface area contributed by atoms with Crippen LogP contribution in [0.2, 0.25) is 0 Å². The highest BCUT2D eigenvalue weighted by Crippen LogP contribution is 2.33. The van der Waals surface area contributed by atoms with Gasteiger partial charge in [-0.3, -0.25) is 0 Å². The zero-order chi connectivity index (χ0) is 12.3. The zero-order valence-electron chi connectivity index (χ0n) is 7.58. The number of isocyanates is 1. The van der Waals surface area contributed by atoms with Gasteiger partial charge in [-0.25, -0.2) is 9.59 Å². The predicted octanol–water partition coefficient (Wildman–Crippen LogP) is 2.37. The largest absolute Gasteiger partial charge is 0.478 e. The molecule has 4 nitrogen and oxygen atoms in total. The number of carboxylic acids is 1. The molecule has 0 aliphatic carbocycles. The van der Waals surface area contributed by atoms with Gasteiger partial charge in [0.1, 0.15) is 0 Å². The lowest BCUT2D eigenvalue weighted by Crippen LogP contribution is -2.06. The molecule has 0 heterocycles. The van der Waals surface area contributed by atoms with Crippen LogP contribution in [0.25, 0.3) is 0 Å². The molecule has 1 rings (SSSR count). The van der Waals surface area contributed by atoms with E-state index in [-0.39, 0.29) is 0 Å². The van der Waals surface area contributed by atoms with Gasteiger partial charge in [-0.1, -0.05) is 0 Å². The van der Waals surface area contributed by atoms with Gasteiger partial charge in [-0.2, -0.15) is 18.2 Å². The van der Waals surface area contributed by atoms with Crippen molar-refractivity contribution in [3.05, 3.63) is 29.3 Å². The number of hydrogen-bond acceptors (Lipinski definition) is 3. The summed E-state index contributed by atoms with van der Waals surface area (Å²) in [7, 11) is 0. The Balaban J connectivity index is 3.39. The van der Waals surface area contributed by atoms with Crippen molar-refractivity contribution in [2.75, 3.05) is 0 Å². The van der Waals surface area contributed by atoms with E-state index in [1.165, 1.54) is 0 Å². The number of benzene rings is 1. The van der Waals surface area contributed by atoms with Gasteiger partial charge in [0.2, 0.25) is 6.08 Å². The number of carbonyl (C=O) groups is 1. The molecule has 0 aliphatic rings. The number of aromatic carboxylic acids is 1. The van der Waals surface area contributed by atoms with Gasteiger partial charge in [-0.15, -0.1) is 0 Å². The fourth-order valence-corrected chi connectivity index (χ4v) is 1.03. The lowest BCUT2D eigenvalue weighted by Gasteiger charge is -2.07. The van der Waals surface area contributed by atoms with Crippen LogP contribution in [0, 0.1) is 0 Å². The zero-order valence-corrected chi connectivity index (χ0v) is 7.58. The highest BCUT2D eigenvalue weighted by Gasteiger charge is 2.31. The van der Waals surface area contributed by atoms with E-state index < -0.39 is 29.0 Å². The molecule has 0 saturated carbocycles. The van der Waals surface area contributed by atoms with Crippen LogP contribution < -0.4 is 0 Å². The Morgan fingerprint density at radius 1 is 1.38 bits per heavy atom. The van der Waals surface area contributed by atoms with Crippen molar-refractivity contribution >= 4 is 17.7 Å². The summed E-state index contributed by atoms with van der Waals surface area (Å²) in [5.41, 5.74) is -2.14. The van der Waals surface area contributed by atoms with E-state index in [2.05, 4.69) is 4.99 Å². The Kier molecular flexibility index (Phi) is 3.10. The van der Waals surface area contributed by atoms with Crippen molar-refractivity contribution in [3.8, 4) is 0 Å². The molecular weight excluding hydrogens is 227 g/mol.